The lowest BCUT2D eigenvalue weighted by atomic mass is 10.1. The maximum Gasteiger partial charge on any atom is 0.225 e. The van der Waals surface area contributed by atoms with Crippen LogP contribution in [0, 0.1) is 5.92 Å². The number of amides is 1. The molecule has 0 fully saturated rings. The van der Waals surface area contributed by atoms with Gasteiger partial charge in [-0.05, 0) is 35.7 Å². The van der Waals surface area contributed by atoms with E-state index in [0.29, 0.717) is 30.5 Å². The Hall–Kier alpha value is -2.63. The van der Waals surface area contributed by atoms with E-state index in [1.807, 2.05) is 38.1 Å². The Balaban J connectivity index is 1.85. The molecule has 0 atom stereocenters. The first-order valence-electron chi connectivity index (χ1n) is 7.57. The van der Waals surface area contributed by atoms with Gasteiger partial charge in [0.2, 0.25) is 5.91 Å². The van der Waals surface area contributed by atoms with Gasteiger partial charge >= 0.3 is 0 Å². The van der Waals surface area contributed by atoms with Crippen molar-refractivity contribution in [1.82, 2.24) is 10.2 Å². The summed E-state index contributed by atoms with van der Waals surface area (Å²) in [5.41, 5.74) is 1.11. The molecule has 0 unspecified atom stereocenters. The fourth-order valence-electron chi connectivity index (χ4n) is 1.99. The SMILES string of the molecule is COc1ccc(CNc2ccc(NC(=O)CC(C)C)nn2)cc1. The monoisotopic (exact) mass is 314 g/mol. The van der Waals surface area contributed by atoms with E-state index in [-0.39, 0.29) is 5.91 Å². The Kier molecular flexibility index (Phi) is 5.91. The second kappa shape index (κ2) is 8.12. The third kappa shape index (κ3) is 5.58. The molecule has 122 valence electrons. The van der Waals surface area contributed by atoms with E-state index in [1.165, 1.54) is 0 Å². The molecule has 0 saturated carbocycles. The number of nitrogens with zero attached hydrogens (tertiary/aromatic N) is 2. The van der Waals surface area contributed by atoms with Gasteiger partial charge in [0, 0.05) is 13.0 Å². The minimum Gasteiger partial charge on any atom is -0.497 e. The van der Waals surface area contributed by atoms with Gasteiger partial charge in [-0.3, -0.25) is 4.79 Å². The number of aromatic nitrogens is 2. The molecule has 1 heterocycles. The zero-order chi connectivity index (χ0) is 16.7. The van der Waals surface area contributed by atoms with Crippen LogP contribution < -0.4 is 15.4 Å². The number of carbonyl (C=O) groups is 1. The number of anilines is 2. The van der Waals surface area contributed by atoms with Gasteiger partial charge in [-0.1, -0.05) is 26.0 Å². The standard InChI is InChI=1S/C17H22N4O2/c1-12(2)10-17(22)19-16-9-8-15(20-21-16)18-11-13-4-6-14(23-3)7-5-13/h4-9,12H,10-11H2,1-3H3,(H,18,20)(H,19,21,22). The van der Waals surface area contributed by atoms with Crippen molar-refractivity contribution >= 4 is 17.5 Å². The highest BCUT2D eigenvalue weighted by Crippen LogP contribution is 2.13. The van der Waals surface area contributed by atoms with Gasteiger partial charge in [0.1, 0.15) is 11.6 Å². The van der Waals surface area contributed by atoms with E-state index in [2.05, 4.69) is 20.8 Å². The van der Waals surface area contributed by atoms with E-state index in [0.717, 1.165) is 11.3 Å². The van der Waals surface area contributed by atoms with Crippen LogP contribution in [-0.2, 0) is 11.3 Å². The Morgan fingerprint density at radius 2 is 1.74 bits per heavy atom. The van der Waals surface area contributed by atoms with Crippen molar-refractivity contribution in [2.24, 2.45) is 5.92 Å². The van der Waals surface area contributed by atoms with Gasteiger partial charge in [0.15, 0.2) is 5.82 Å². The number of rotatable bonds is 7. The third-order valence-electron chi connectivity index (χ3n) is 3.16. The highest BCUT2D eigenvalue weighted by Gasteiger charge is 2.06. The zero-order valence-corrected chi connectivity index (χ0v) is 13.7. The molecule has 1 amide bonds. The van der Waals surface area contributed by atoms with E-state index in [1.54, 1.807) is 19.2 Å². The van der Waals surface area contributed by atoms with Gasteiger partial charge in [-0.15, -0.1) is 10.2 Å². The first-order chi connectivity index (χ1) is 11.1. The minimum absolute atomic E-state index is 0.0479. The Morgan fingerprint density at radius 1 is 1.09 bits per heavy atom. The lowest BCUT2D eigenvalue weighted by molar-refractivity contribution is -0.116. The van der Waals surface area contributed by atoms with Gasteiger partial charge in [0.05, 0.1) is 7.11 Å². The van der Waals surface area contributed by atoms with Crippen LogP contribution in [0.4, 0.5) is 11.6 Å². The van der Waals surface area contributed by atoms with Crippen molar-refractivity contribution < 1.29 is 9.53 Å². The predicted molar refractivity (Wildman–Crippen MR) is 90.4 cm³/mol. The molecule has 0 bridgehead atoms. The molecular weight excluding hydrogens is 292 g/mol. The summed E-state index contributed by atoms with van der Waals surface area (Å²) < 4.78 is 5.12. The van der Waals surface area contributed by atoms with Crippen molar-refractivity contribution in [3.05, 3.63) is 42.0 Å². The van der Waals surface area contributed by atoms with E-state index in [4.69, 9.17) is 4.74 Å². The van der Waals surface area contributed by atoms with Gasteiger partial charge in [-0.2, -0.15) is 0 Å². The van der Waals surface area contributed by atoms with Crippen LogP contribution in [0.5, 0.6) is 5.75 Å². The van der Waals surface area contributed by atoms with Crippen LogP contribution in [0.25, 0.3) is 0 Å². The topological polar surface area (TPSA) is 76.1 Å². The molecule has 0 aliphatic carbocycles. The predicted octanol–water partition coefficient (Wildman–Crippen LogP) is 3.08. The first-order valence-corrected chi connectivity index (χ1v) is 7.57. The molecule has 2 N–H and O–H groups in total. The fraction of sp³-hybridized carbons (Fsp3) is 0.353. The van der Waals surface area contributed by atoms with Crippen LogP contribution >= 0.6 is 0 Å². The molecule has 6 heteroatoms. The molecule has 0 saturated heterocycles. The van der Waals surface area contributed by atoms with Crippen molar-refractivity contribution in [3.63, 3.8) is 0 Å². The average molecular weight is 314 g/mol. The smallest absolute Gasteiger partial charge is 0.225 e. The number of hydrogen-bond acceptors (Lipinski definition) is 5. The summed E-state index contributed by atoms with van der Waals surface area (Å²) in [6.07, 6.45) is 0.471. The molecule has 23 heavy (non-hydrogen) atoms. The van der Waals surface area contributed by atoms with E-state index in [9.17, 15) is 4.79 Å². The molecular formula is C17H22N4O2. The Bertz CT molecular complexity index is 624. The van der Waals surface area contributed by atoms with Gasteiger partial charge in [0.25, 0.3) is 0 Å². The van der Waals surface area contributed by atoms with Crippen molar-refractivity contribution in [3.8, 4) is 5.75 Å². The maximum atomic E-state index is 11.7. The highest BCUT2D eigenvalue weighted by atomic mass is 16.5. The lowest BCUT2D eigenvalue weighted by Gasteiger charge is -2.08. The number of carbonyl (C=O) groups excluding carboxylic acids is 1. The Morgan fingerprint density at radius 3 is 2.30 bits per heavy atom. The number of ether oxygens (including phenoxy) is 1. The van der Waals surface area contributed by atoms with Crippen LogP contribution in [-0.4, -0.2) is 23.2 Å². The van der Waals surface area contributed by atoms with Crippen molar-refractivity contribution in [2.75, 3.05) is 17.7 Å². The number of nitrogens with one attached hydrogen (secondary N) is 2. The molecule has 0 radical (unpaired) electrons. The number of methoxy groups -OCH3 is 1. The maximum absolute atomic E-state index is 11.7. The van der Waals surface area contributed by atoms with Crippen molar-refractivity contribution in [2.45, 2.75) is 26.8 Å². The second-order valence-electron chi connectivity index (χ2n) is 5.65. The van der Waals surface area contributed by atoms with Crippen LogP contribution in [0.15, 0.2) is 36.4 Å². The largest absolute Gasteiger partial charge is 0.497 e. The summed E-state index contributed by atoms with van der Waals surface area (Å²) in [5.74, 6) is 2.21. The van der Waals surface area contributed by atoms with E-state index >= 15 is 0 Å². The van der Waals surface area contributed by atoms with Crippen molar-refractivity contribution in [1.29, 1.82) is 0 Å². The fourth-order valence-corrected chi connectivity index (χ4v) is 1.99. The molecule has 2 aromatic rings. The van der Waals surface area contributed by atoms with Gasteiger partial charge < -0.3 is 15.4 Å². The highest BCUT2D eigenvalue weighted by molar-refractivity contribution is 5.89. The molecule has 0 spiro atoms. The number of hydrogen-bond donors (Lipinski definition) is 2. The van der Waals surface area contributed by atoms with E-state index < -0.39 is 0 Å². The summed E-state index contributed by atoms with van der Waals surface area (Å²) in [6.45, 7) is 4.63. The summed E-state index contributed by atoms with van der Waals surface area (Å²) in [5, 5.41) is 14.0. The second-order valence-corrected chi connectivity index (χ2v) is 5.65. The Labute approximate surface area is 136 Å². The molecule has 6 nitrogen and oxygen atoms in total. The average Bonchev–Trinajstić information content (AvgIpc) is 2.54. The molecule has 1 aromatic heterocycles. The molecule has 1 aromatic carbocycles. The normalized spacial score (nSPS) is 10.4. The first kappa shape index (κ1) is 16.7. The van der Waals surface area contributed by atoms with Crippen LogP contribution in [0.1, 0.15) is 25.8 Å². The summed E-state index contributed by atoms with van der Waals surface area (Å²) >= 11 is 0. The molecule has 2 rings (SSSR count). The summed E-state index contributed by atoms with van der Waals surface area (Å²) in [6, 6.07) is 11.3. The van der Waals surface area contributed by atoms with Crippen LogP contribution in [0.3, 0.4) is 0 Å². The van der Waals surface area contributed by atoms with Crippen LogP contribution in [0.2, 0.25) is 0 Å². The molecule has 0 aliphatic heterocycles. The van der Waals surface area contributed by atoms with Gasteiger partial charge in [-0.25, -0.2) is 0 Å². The summed E-state index contributed by atoms with van der Waals surface area (Å²) in [7, 11) is 1.64. The number of benzene rings is 1. The summed E-state index contributed by atoms with van der Waals surface area (Å²) in [4.78, 5) is 11.7. The molecule has 0 aliphatic rings. The zero-order valence-electron chi connectivity index (χ0n) is 13.7. The lowest BCUT2D eigenvalue weighted by Crippen LogP contribution is -2.15. The third-order valence-corrected chi connectivity index (χ3v) is 3.16. The minimum atomic E-state index is -0.0479. The quantitative estimate of drug-likeness (QED) is 0.821.